The predicted molar refractivity (Wildman–Crippen MR) is 54.5 cm³/mol. The summed E-state index contributed by atoms with van der Waals surface area (Å²) in [6.07, 6.45) is 0. The van der Waals surface area contributed by atoms with Gasteiger partial charge in [0, 0.05) is 4.90 Å². The molecule has 0 aliphatic rings. The van der Waals surface area contributed by atoms with E-state index in [1.165, 1.54) is 5.56 Å². The molecule has 0 aliphatic carbocycles. The van der Waals surface area contributed by atoms with E-state index in [4.69, 9.17) is 5.11 Å². The van der Waals surface area contributed by atoms with Crippen LogP contribution in [-0.2, 0) is 0 Å². The van der Waals surface area contributed by atoms with Gasteiger partial charge in [0.05, 0.1) is 0 Å². The van der Waals surface area contributed by atoms with Crippen molar-refractivity contribution in [1.82, 2.24) is 0 Å². The zero-order chi connectivity index (χ0) is 10.0. The third-order valence-electron chi connectivity index (χ3n) is 1.79. The summed E-state index contributed by atoms with van der Waals surface area (Å²) in [4.78, 5) is 11.4. The van der Waals surface area contributed by atoms with E-state index in [1.807, 2.05) is 32.9 Å². The Morgan fingerprint density at radius 1 is 1.23 bits per heavy atom. The van der Waals surface area contributed by atoms with E-state index in [-0.39, 0.29) is 0 Å². The Kier molecular flexibility index (Phi) is 2.98. The van der Waals surface area contributed by atoms with E-state index < -0.39 is 5.30 Å². The summed E-state index contributed by atoms with van der Waals surface area (Å²) in [6, 6.07) is 4.00. The van der Waals surface area contributed by atoms with Gasteiger partial charge in [0.25, 0.3) is 0 Å². The molecule has 1 aromatic carbocycles. The zero-order valence-corrected chi connectivity index (χ0v) is 8.73. The van der Waals surface area contributed by atoms with Crippen molar-refractivity contribution in [2.45, 2.75) is 25.7 Å². The number of hydrogen-bond acceptors (Lipinski definition) is 2. The van der Waals surface area contributed by atoms with Gasteiger partial charge >= 0.3 is 5.30 Å². The molecule has 0 saturated heterocycles. The number of aryl methyl sites for hydroxylation is 3. The predicted octanol–water partition coefficient (Wildman–Crippen LogP) is 3.38. The maximum Gasteiger partial charge on any atom is 0.369 e. The van der Waals surface area contributed by atoms with Gasteiger partial charge in [0.15, 0.2) is 0 Å². The Hall–Kier alpha value is -0.960. The van der Waals surface area contributed by atoms with E-state index >= 15 is 0 Å². The number of rotatable bonds is 1. The molecule has 0 heterocycles. The van der Waals surface area contributed by atoms with Crippen LogP contribution < -0.4 is 0 Å². The molecule has 0 spiro atoms. The summed E-state index contributed by atoms with van der Waals surface area (Å²) in [5.41, 5.74) is 3.24. The van der Waals surface area contributed by atoms with Gasteiger partial charge in [-0.05, 0) is 43.7 Å². The van der Waals surface area contributed by atoms with Gasteiger partial charge in [0.1, 0.15) is 0 Å². The smallest absolute Gasteiger partial charge is 0.369 e. The minimum atomic E-state index is -0.852. The highest BCUT2D eigenvalue weighted by Crippen LogP contribution is 2.27. The van der Waals surface area contributed by atoms with Crippen molar-refractivity contribution in [2.24, 2.45) is 0 Å². The van der Waals surface area contributed by atoms with Crippen LogP contribution >= 0.6 is 11.8 Å². The van der Waals surface area contributed by atoms with E-state index in [0.29, 0.717) is 0 Å². The first-order valence-electron chi connectivity index (χ1n) is 3.99. The Balaban J connectivity index is 3.13. The molecule has 0 unspecified atom stereocenters. The van der Waals surface area contributed by atoms with E-state index in [9.17, 15) is 4.79 Å². The molecule has 0 atom stereocenters. The molecular weight excluding hydrogens is 184 g/mol. The SMILES string of the molecule is Cc1cc(C)c(SC(=O)O)c(C)c1. The average Bonchev–Trinajstić information content (AvgIpc) is 1.96. The molecule has 0 saturated carbocycles. The summed E-state index contributed by atoms with van der Waals surface area (Å²) >= 11 is 0.877. The van der Waals surface area contributed by atoms with Crippen LogP contribution in [0.15, 0.2) is 17.0 Å². The number of hydrogen-bond donors (Lipinski definition) is 1. The van der Waals surface area contributed by atoms with Crippen molar-refractivity contribution in [1.29, 1.82) is 0 Å². The zero-order valence-electron chi connectivity index (χ0n) is 7.92. The highest BCUT2D eigenvalue weighted by atomic mass is 32.2. The number of carbonyl (C=O) groups is 1. The fraction of sp³-hybridized carbons (Fsp3) is 0.300. The van der Waals surface area contributed by atoms with Crippen molar-refractivity contribution in [2.75, 3.05) is 0 Å². The van der Waals surface area contributed by atoms with Crippen LogP contribution in [0.2, 0.25) is 0 Å². The first-order chi connectivity index (χ1) is 6.00. The molecule has 1 rings (SSSR count). The third kappa shape index (κ3) is 2.49. The largest absolute Gasteiger partial charge is 0.473 e. The molecule has 70 valence electrons. The molecule has 1 N–H and O–H groups in total. The lowest BCUT2D eigenvalue weighted by Crippen LogP contribution is -1.91. The van der Waals surface area contributed by atoms with Crippen LogP contribution in [-0.4, -0.2) is 10.4 Å². The lowest BCUT2D eigenvalue weighted by atomic mass is 10.1. The Morgan fingerprint density at radius 3 is 2.08 bits per heavy atom. The van der Waals surface area contributed by atoms with Crippen molar-refractivity contribution in [3.63, 3.8) is 0 Å². The molecule has 1 aromatic rings. The summed E-state index contributed by atoms with van der Waals surface area (Å²) in [5.74, 6) is 0. The summed E-state index contributed by atoms with van der Waals surface area (Å²) in [5, 5.41) is 7.80. The summed E-state index contributed by atoms with van der Waals surface area (Å²) in [7, 11) is 0. The second-order valence-corrected chi connectivity index (χ2v) is 4.06. The van der Waals surface area contributed by atoms with E-state index in [1.54, 1.807) is 0 Å². The molecule has 3 heteroatoms. The van der Waals surface area contributed by atoms with Crippen LogP contribution in [0.3, 0.4) is 0 Å². The molecule has 0 bridgehead atoms. The van der Waals surface area contributed by atoms with Crippen molar-refractivity contribution in [3.05, 3.63) is 28.8 Å². The van der Waals surface area contributed by atoms with Gasteiger partial charge in [-0.15, -0.1) is 0 Å². The maximum absolute atomic E-state index is 10.5. The fourth-order valence-corrected chi connectivity index (χ4v) is 2.03. The quantitative estimate of drug-likeness (QED) is 0.699. The number of benzene rings is 1. The van der Waals surface area contributed by atoms with Gasteiger partial charge in [-0.25, -0.2) is 4.79 Å². The second kappa shape index (κ2) is 3.83. The molecule has 0 aromatic heterocycles. The normalized spacial score (nSPS) is 10.1. The first-order valence-corrected chi connectivity index (χ1v) is 4.81. The van der Waals surface area contributed by atoms with Gasteiger partial charge in [-0.1, -0.05) is 17.7 Å². The average molecular weight is 196 g/mol. The van der Waals surface area contributed by atoms with Gasteiger partial charge < -0.3 is 5.11 Å². The minimum Gasteiger partial charge on any atom is -0.473 e. The highest BCUT2D eigenvalue weighted by molar-refractivity contribution is 8.13. The molecule has 0 fully saturated rings. The van der Waals surface area contributed by atoms with Gasteiger partial charge in [-0.3, -0.25) is 0 Å². The lowest BCUT2D eigenvalue weighted by molar-refractivity contribution is 0.222. The first kappa shape index (κ1) is 10.1. The summed E-state index contributed by atoms with van der Waals surface area (Å²) < 4.78 is 0. The van der Waals surface area contributed by atoms with E-state index in [2.05, 4.69) is 0 Å². The fourth-order valence-electron chi connectivity index (χ4n) is 1.42. The van der Waals surface area contributed by atoms with Gasteiger partial charge in [-0.2, -0.15) is 0 Å². The topological polar surface area (TPSA) is 37.3 Å². The van der Waals surface area contributed by atoms with Crippen LogP contribution in [0.1, 0.15) is 16.7 Å². The van der Waals surface area contributed by atoms with Crippen LogP contribution in [0.25, 0.3) is 0 Å². The molecule has 13 heavy (non-hydrogen) atoms. The number of carboxylic acid groups (broad SMARTS) is 1. The van der Waals surface area contributed by atoms with Crippen molar-refractivity contribution < 1.29 is 9.90 Å². The van der Waals surface area contributed by atoms with Crippen molar-refractivity contribution in [3.8, 4) is 0 Å². The molecule has 0 radical (unpaired) electrons. The molecule has 2 nitrogen and oxygen atoms in total. The Bertz CT molecular complexity index is 322. The van der Waals surface area contributed by atoms with Crippen LogP contribution in [0, 0.1) is 20.8 Å². The monoisotopic (exact) mass is 196 g/mol. The Labute approximate surface area is 82.0 Å². The van der Waals surface area contributed by atoms with Gasteiger partial charge in [0.2, 0.25) is 0 Å². The molecular formula is C10H12O2S. The molecule has 0 amide bonds. The summed E-state index contributed by atoms with van der Waals surface area (Å²) in [6.45, 7) is 5.88. The standard InChI is InChI=1S/C10H12O2S/c1-6-4-7(2)9(8(3)5-6)13-10(11)12/h4-5H,1-3H3,(H,11,12). The minimum absolute atomic E-state index is 0.852. The van der Waals surface area contributed by atoms with Crippen molar-refractivity contribution >= 4 is 17.1 Å². The Morgan fingerprint density at radius 2 is 1.69 bits per heavy atom. The second-order valence-electron chi connectivity index (χ2n) is 3.10. The number of thioether (sulfide) groups is 1. The molecule has 0 aliphatic heterocycles. The maximum atomic E-state index is 10.5. The third-order valence-corrected chi connectivity index (χ3v) is 2.82. The lowest BCUT2D eigenvalue weighted by Gasteiger charge is -2.07. The van der Waals surface area contributed by atoms with E-state index in [0.717, 1.165) is 27.8 Å². The van der Waals surface area contributed by atoms with Crippen LogP contribution in [0.5, 0.6) is 0 Å². The van der Waals surface area contributed by atoms with Crippen LogP contribution in [0.4, 0.5) is 4.79 Å². The highest BCUT2D eigenvalue weighted by Gasteiger charge is 2.08.